The van der Waals surface area contributed by atoms with Crippen LogP contribution in [0.1, 0.15) is 18.4 Å². The topological polar surface area (TPSA) is 49.3 Å². The second-order valence-corrected chi connectivity index (χ2v) is 5.88. The summed E-state index contributed by atoms with van der Waals surface area (Å²) in [7, 11) is 6.44. The maximum atomic E-state index is 11.6. The number of phenols is 1. The van der Waals surface area contributed by atoms with Gasteiger partial charge in [-0.3, -0.25) is 4.79 Å². The summed E-state index contributed by atoms with van der Waals surface area (Å²) in [5.41, 5.74) is 1.07. The highest BCUT2D eigenvalue weighted by atomic mass is 16.3. The minimum absolute atomic E-state index is 0.0921. The van der Waals surface area contributed by atoms with Crippen molar-refractivity contribution in [3.05, 3.63) is 29.8 Å². The number of rotatable bonds is 7. The molecule has 1 aromatic rings. The predicted molar refractivity (Wildman–Crippen MR) is 77.0 cm³/mol. The molecule has 4 heteroatoms. The maximum Gasteiger partial charge on any atom is 0.220 e. The predicted octanol–water partition coefficient (Wildman–Crippen LogP) is 1.54. The van der Waals surface area contributed by atoms with Gasteiger partial charge in [0.25, 0.3) is 0 Å². The average molecular weight is 265 g/mol. The van der Waals surface area contributed by atoms with Crippen molar-refractivity contribution in [1.82, 2.24) is 5.32 Å². The number of nitrogens with zero attached hydrogens (tertiary/aromatic N) is 1. The summed E-state index contributed by atoms with van der Waals surface area (Å²) in [6.07, 6.45) is 2.20. The second-order valence-electron chi connectivity index (χ2n) is 5.88. The van der Waals surface area contributed by atoms with Gasteiger partial charge in [0.15, 0.2) is 0 Å². The summed E-state index contributed by atoms with van der Waals surface area (Å²) in [5, 5.41) is 12.1. The van der Waals surface area contributed by atoms with E-state index in [-0.39, 0.29) is 11.7 Å². The van der Waals surface area contributed by atoms with E-state index in [4.69, 9.17) is 5.11 Å². The number of hydrogen-bond acceptors (Lipinski definition) is 2. The fraction of sp³-hybridized carbons (Fsp3) is 0.533. The summed E-state index contributed by atoms with van der Waals surface area (Å²) in [5.74, 6) is 0.350. The van der Waals surface area contributed by atoms with Crippen LogP contribution in [0.4, 0.5) is 0 Å². The SMILES string of the molecule is C[N+](C)(C)CCCNC(=O)CCc1ccc(O)cc1. The number of phenolic OH excluding ortho intramolecular Hbond substituents is 1. The highest BCUT2D eigenvalue weighted by Crippen LogP contribution is 2.10. The van der Waals surface area contributed by atoms with E-state index in [1.54, 1.807) is 12.1 Å². The monoisotopic (exact) mass is 265 g/mol. The Bertz CT molecular complexity index is 394. The minimum Gasteiger partial charge on any atom is -0.508 e. The first-order valence-electron chi connectivity index (χ1n) is 6.72. The molecule has 0 heterocycles. The zero-order valence-electron chi connectivity index (χ0n) is 12.1. The van der Waals surface area contributed by atoms with Gasteiger partial charge in [-0.15, -0.1) is 0 Å². The molecule has 1 aromatic carbocycles. The van der Waals surface area contributed by atoms with Gasteiger partial charge in [0.2, 0.25) is 5.91 Å². The molecule has 19 heavy (non-hydrogen) atoms. The molecule has 0 fully saturated rings. The van der Waals surface area contributed by atoms with Crippen LogP contribution in [-0.4, -0.2) is 49.7 Å². The Morgan fingerprint density at radius 3 is 2.42 bits per heavy atom. The molecule has 106 valence electrons. The summed E-state index contributed by atoms with van der Waals surface area (Å²) < 4.78 is 0.920. The lowest BCUT2D eigenvalue weighted by molar-refractivity contribution is -0.870. The normalized spacial score (nSPS) is 11.3. The van der Waals surface area contributed by atoms with Crippen LogP contribution in [0.3, 0.4) is 0 Å². The van der Waals surface area contributed by atoms with Crippen molar-refractivity contribution >= 4 is 5.91 Å². The molecular formula is C15H25N2O2+. The van der Waals surface area contributed by atoms with Gasteiger partial charge in [0.1, 0.15) is 5.75 Å². The summed E-state index contributed by atoms with van der Waals surface area (Å²) >= 11 is 0. The molecule has 0 spiro atoms. The van der Waals surface area contributed by atoms with E-state index in [1.807, 2.05) is 12.1 Å². The third-order valence-corrected chi connectivity index (χ3v) is 2.90. The van der Waals surface area contributed by atoms with E-state index in [2.05, 4.69) is 26.5 Å². The average Bonchev–Trinajstić information content (AvgIpc) is 2.33. The standard InChI is InChI=1S/C15H24N2O2/c1-17(2,3)12-4-11-16-15(19)10-7-13-5-8-14(18)9-6-13/h5-6,8-9H,4,7,10-12H2,1-3H3,(H-,16,18,19)/p+1. The largest absolute Gasteiger partial charge is 0.508 e. The number of nitrogens with one attached hydrogen (secondary N) is 1. The second kappa shape index (κ2) is 7.14. The number of hydrogen-bond donors (Lipinski definition) is 2. The Balaban J connectivity index is 2.16. The molecule has 0 saturated carbocycles. The molecule has 0 atom stereocenters. The first-order valence-corrected chi connectivity index (χ1v) is 6.72. The molecule has 0 aromatic heterocycles. The van der Waals surface area contributed by atoms with E-state index in [9.17, 15) is 4.79 Å². The third-order valence-electron chi connectivity index (χ3n) is 2.90. The van der Waals surface area contributed by atoms with Crippen LogP contribution in [0.2, 0.25) is 0 Å². The van der Waals surface area contributed by atoms with Crippen molar-refractivity contribution in [3.8, 4) is 5.75 Å². The number of aryl methyl sites for hydroxylation is 1. The molecular weight excluding hydrogens is 240 g/mol. The lowest BCUT2D eigenvalue weighted by Crippen LogP contribution is -2.37. The number of amides is 1. The first-order chi connectivity index (χ1) is 8.87. The molecule has 0 bridgehead atoms. The van der Waals surface area contributed by atoms with Crippen molar-refractivity contribution in [2.24, 2.45) is 0 Å². The molecule has 0 aliphatic carbocycles. The van der Waals surface area contributed by atoms with Crippen LogP contribution in [0.25, 0.3) is 0 Å². The molecule has 0 aliphatic heterocycles. The van der Waals surface area contributed by atoms with Crippen LogP contribution in [0, 0.1) is 0 Å². The van der Waals surface area contributed by atoms with Gasteiger partial charge in [-0.2, -0.15) is 0 Å². The quantitative estimate of drug-likeness (QED) is 0.580. The van der Waals surface area contributed by atoms with Gasteiger partial charge in [-0.1, -0.05) is 12.1 Å². The number of carbonyl (C=O) groups excluding carboxylic acids is 1. The molecule has 1 rings (SSSR count). The van der Waals surface area contributed by atoms with Gasteiger partial charge >= 0.3 is 0 Å². The number of carbonyl (C=O) groups is 1. The van der Waals surface area contributed by atoms with Gasteiger partial charge in [-0.05, 0) is 24.1 Å². The van der Waals surface area contributed by atoms with Crippen LogP contribution >= 0.6 is 0 Å². The lowest BCUT2D eigenvalue weighted by Gasteiger charge is -2.23. The minimum atomic E-state index is 0.0921. The fourth-order valence-corrected chi connectivity index (χ4v) is 1.79. The zero-order valence-corrected chi connectivity index (χ0v) is 12.1. The molecule has 2 N–H and O–H groups in total. The van der Waals surface area contributed by atoms with E-state index in [0.717, 1.165) is 29.6 Å². The van der Waals surface area contributed by atoms with Crippen molar-refractivity contribution < 1.29 is 14.4 Å². The number of benzene rings is 1. The maximum absolute atomic E-state index is 11.6. The smallest absolute Gasteiger partial charge is 0.220 e. The molecule has 4 nitrogen and oxygen atoms in total. The van der Waals surface area contributed by atoms with Crippen LogP contribution < -0.4 is 5.32 Å². The van der Waals surface area contributed by atoms with E-state index < -0.39 is 0 Å². The van der Waals surface area contributed by atoms with Crippen molar-refractivity contribution in [3.63, 3.8) is 0 Å². The zero-order chi connectivity index (χ0) is 14.3. The highest BCUT2D eigenvalue weighted by Gasteiger charge is 2.07. The molecule has 0 saturated heterocycles. The van der Waals surface area contributed by atoms with E-state index in [0.29, 0.717) is 12.8 Å². The summed E-state index contributed by atoms with van der Waals surface area (Å²) in [6, 6.07) is 6.99. The van der Waals surface area contributed by atoms with Crippen molar-refractivity contribution in [1.29, 1.82) is 0 Å². The Morgan fingerprint density at radius 1 is 1.21 bits per heavy atom. The lowest BCUT2D eigenvalue weighted by atomic mass is 10.1. The van der Waals surface area contributed by atoms with Crippen molar-refractivity contribution in [2.75, 3.05) is 34.2 Å². The molecule has 1 amide bonds. The number of aromatic hydroxyl groups is 1. The van der Waals surface area contributed by atoms with Crippen LogP contribution in [-0.2, 0) is 11.2 Å². The van der Waals surface area contributed by atoms with E-state index in [1.165, 1.54) is 0 Å². The Labute approximate surface area is 115 Å². The van der Waals surface area contributed by atoms with Crippen molar-refractivity contribution in [2.45, 2.75) is 19.3 Å². The van der Waals surface area contributed by atoms with Gasteiger partial charge in [0, 0.05) is 19.4 Å². The highest BCUT2D eigenvalue weighted by molar-refractivity contribution is 5.76. The Morgan fingerprint density at radius 2 is 1.84 bits per heavy atom. The first kappa shape index (κ1) is 15.5. The number of quaternary nitrogens is 1. The third kappa shape index (κ3) is 7.47. The fourth-order valence-electron chi connectivity index (χ4n) is 1.79. The van der Waals surface area contributed by atoms with Crippen LogP contribution in [0.5, 0.6) is 5.75 Å². The Hall–Kier alpha value is -1.55. The van der Waals surface area contributed by atoms with E-state index >= 15 is 0 Å². The Kier molecular flexibility index (Phi) is 5.83. The molecule has 0 radical (unpaired) electrons. The van der Waals surface area contributed by atoms with Gasteiger partial charge in [0.05, 0.1) is 27.7 Å². The van der Waals surface area contributed by atoms with Crippen LogP contribution in [0.15, 0.2) is 24.3 Å². The summed E-state index contributed by atoms with van der Waals surface area (Å²) in [4.78, 5) is 11.6. The molecule has 0 aliphatic rings. The molecule has 0 unspecified atom stereocenters. The summed E-state index contributed by atoms with van der Waals surface area (Å²) in [6.45, 7) is 1.79. The van der Waals surface area contributed by atoms with Gasteiger partial charge in [-0.25, -0.2) is 0 Å². The van der Waals surface area contributed by atoms with Gasteiger partial charge < -0.3 is 14.9 Å².